The molecule has 120 valence electrons. The van der Waals surface area contributed by atoms with Crippen LogP contribution in [0.25, 0.3) is 0 Å². The molecule has 2 unspecified atom stereocenters. The number of nitrogens with zero attached hydrogens (tertiary/aromatic N) is 1. The molecule has 0 aliphatic carbocycles. The molecule has 0 aliphatic heterocycles. The zero-order valence-electron chi connectivity index (χ0n) is 14.7. The molecule has 1 rings (SSSR count). The number of pyridine rings is 1. The van der Waals surface area contributed by atoms with Gasteiger partial charge in [0.1, 0.15) is 0 Å². The van der Waals surface area contributed by atoms with Crippen LogP contribution < -0.4 is 5.32 Å². The molecule has 2 nitrogen and oxygen atoms in total. The van der Waals surface area contributed by atoms with Crippen LogP contribution in [0.2, 0.25) is 0 Å². The van der Waals surface area contributed by atoms with Gasteiger partial charge >= 0.3 is 0 Å². The molecule has 1 aromatic heterocycles. The Bertz CT molecular complexity index is 401. The lowest BCUT2D eigenvalue weighted by atomic mass is 9.89. The first-order valence-electron chi connectivity index (χ1n) is 8.78. The summed E-state index contributed by atoms with van der Waals surface area (Å²) in [7, 11) is 0. The van der Waals surface area contributed by atoms with E-state index in [0.29, 0.717) is 6.04 Å². The lowest BCUT2D eigenvalue weighted by Crippen LogP contribution is -2.26. The smallest absolute Gasteiger partial charge is 0.0602 e. The molecule has 0 saturated heterocycles. The minimum Gasteiger partial charge on any atom is -0.309 e. The minimum absolute atomic E-state index is 0.410. The predicted octanol–water partition coefficient (Wildman–Crippen LogP) is 5.35. The predicted molar refractivity (Wildman–Crippen MR) is 92.7 cm³/mol. The molecular formula is C19H34N2. The third-order valence-corrected chi connectivity index (χ3v) is 4.34. The van der Waals surface area contributed by atoms with Gasteiger partial charge in [0, 0.05) is 6.20 Å². The van der Waals surface area contributed by atoms with Crippen molar-refractivity contribution in [2.24, 2.45) is 5.92 Å². The van der Waals surface area contributed by atoms with E-state index in [1.54, 1.807) is 0 Å². The Labute approximate surface area is 131 Å². The van der Waals surface area contributed by atoms with Gasteiger partial charge in [-0.05, 0) is 50.3 Å². The average Bonchev–Trinajstić information content (AvgIpc) is 2.47. The van der Waals surface area contributed by atoms with E-state index >= 15 is 0 Å². The molecule has 0 radical (unpaired) electrons. The number of aromatic nitrogens is 1. The zero-order valence-corrected chi connectivity index (χ0v) is 14.7. The Hall–Kier alpha value is -0.890. The second kappa shape index (κ2) is 9.94. The van der Waals surface area contributed by atoms with Gasteiger partial charge in [0.25, 0.3) is 0 Å². The van der Waals surface area contributed by atoms with Gasteiger partial charge in [0.15, 0.2) is 0 Å². The van der Waals surface area contributed by atoms with Crippen molar-refractivity contribution < 1.29 is 0 Å². The van der Waals surface area contributed by atoms with E-state index in [4.69, 9.17) is 4.98 Å². The Balaban J connectivity index is 2.83. The van der Waals surface area contributed by atoms with Crippen molar-refractivity contribution in [3.05, 3.63) is 29.1 Å². The fourth-order valence-corrected chi connectivity index (χ4v) is 3.02. The molecule has 0 saturated carbocycles. The maximum Gasteiger partial charge on any atom is 0.0602 e. The Morgan fingerprint density at radius 3 is 2.48 bits per heavy atom. The van der Waals surface area contributed by atoms with Crippen LogP contribution >= 0.6 is 0 Å². The molecule has 1 heterocycles. The standard InChI is InChI=1S/C19H34N2/c1-6-9-10-17(8-3)13-18(20-11-7-2)19-16(5)12-15(4)14-21-19/h12,14,17-18,20H,6-11,13H2,1-5H3. The number of rotatable bonds is 10. The maximum absolute atomic E-state index is 4.74. The highest BCUT2D eigenvalue weighted by atomic mass is 14.9. The van der Waals surface area contributed by atoms with Crippen molar-refractivity contribution in [1.29, 1.82) is 0 Å². The number of nitrogens with one attached hydrogen (secondary N) is 1. The molecule has 0 spiro atoms. The van der Waals surface area contributed by atoms with Crippen LogP contribution in [-0.2, 0) is 0 Å². The molecule has 0 aliphatic rings. The number of unbranched alkanes of at least 4 members (excludes halogenated alkanes) is 1. The van der Waals surface area contributed by atoms with Gasteiger partial charge < -0.3 is 5.32 Å². The SMILES string of the molecule is CCCCC(CC)CC(NCCC)c1ncc(C)cc1C. The van der Waals surface area contributed by atoms with Gasteiger partial charge in [0.2, 0.25) is 0 Å². The summed E-state index contributed by atoms with van der Waals surface area (Å²) in [6.45, 7) is 12.2. The first-order chi connectivity index (χ1) is 10.1. The first-order valence-corrected chi connectivity index (χ1v) is 8.78. The van der Waals surface area contributed by atoms with Gasteiger partial charge in [-0.3, -0.25) is 4.98 Å². The molecule has 0 aromatic carbocycles. The van der Waals surface area contributed by atoms with Crippen molar-refractivity contribution in [3.63, 3.8) is 0 Å². The molecular weight excluding hydrogens is 256 g/mol. The van der Waals surface area contributed by atoms with Crippen LogP contribution in [0.15, 0.2) is 12.3 Å². The van der Waals surface area contributed by atoms with Crippen LogP contribution in [-0.4, -0.2) is 11.5 Å². The second-order valence-electron chi connectivity index (χ2n) is 6.37. The Kier molecular flexibility index (Phi) is 8.60. The monoisotopic (exact) mass is 290 g/mol. The van der Waals surface area contributed by atoms with Crippen molar-refractivity contribution in [1.82, 2.24) is 10.3 Å². The van der Waals surface area contributed by atoms with Crippen LogP contribution in [0.1, 0.15) is 82.2 Å². The molecule has 0 fully saturated rings. The number of hydrogen-bond acceptors (Lipinski definition) is 2. The molecule has 1 aromatic rings. The van der Waals surface area contributed by atoms with Crippen molar-refractivity contribution in [2.75, 3.05) is 6.54 Å². The molecule has 2 heteroatoms. The second-order valence-corrected chi connectivity index (χ2v) is 6.37. The first kappa shape index (κ1) is 18.2. The summed E-state index contributed by atoms with van der Waals surface area (Å²) in [4.78, 5) is 4.74. The average molecular weight is 290 g/mol. The highest BCUT2D eigenvalue weighted by Crippen LogP contribution is 2.27. The molecule has 0 bridgehead atoms. The van der Waals surface area contributed by atoms with Crippen LogP contribution in [0, 0.1) is 19.8 Å². The van der Waals surface area contributed by atoms with E-state index in [-0.39, 0.29) is 0 Å². The molecule has 2 atom stereocenters. The van der Waals surface area contributed by atoms with Gasteiger partial charge in [-0.25, -0.2) is 0 Å². The quantitative estimate of drug-likeness (QED) is 0.628. The summed E-state index contributed by atoms with van der Waals surface area (Å²) >= 11 is 0. The zero-order chi connectivity index (χ0) is 15.7. The number of aryl methyl sites for hydroxylation is 2. The topological polar surface area (TPSA) is 24.9 Å². The summed E-state index contributed by atoms with van der Waals surface area (Å²) in [5.74, 6) is 0.807. The molecule has 0 amide bonds. The van der Waals surface area contributed by atoms with Crippen molar-refractivity contribution in [2.45, 2.75) is 79.2 Å². The largest absolute Gasteiger partial charge is 0.309 e. The lowest BCUT2D eigenvalue weighted by molar-refractivity contribution is 0.349. The molecule has 1 N–H and O–H groups in total. The third kappa shape index (κ3) is 6.17. The van der Waals surface area contributed by atoms with E-state index in [1.165, 1.54) is 55.3 Å². The summed E-state index contributed by atoms with van der Waals surface area (Å²) < 4.78 is 0. The normalized spacial score (nSPS) is 14.1. The highest BCUT2D eigenvalue weighted by Gasteiger charge is 2.19. The third-order valence-electron chi connectivity index (χ3n) is 4.34. The van der Waals surface area contributed by atoms with E-state index in [0.717, 1.165) is 12.5 Å². The van der Waals surface area contributed by atoms with Crippen LogP contribution in [0.3, 0.4) is 0 Å². The van der Waals surface area contributed by atoms with Gasteiger partial charge in [0.05, 0.1) is 11.7 Å². The Morgan fingerprint density at radius 1 is 1.14 bits per heavy atom. The fraction of sp³-hybridized carbons (Fsp3) is 0.737. The lowest BCUT2D eigenvalue weighted by Gasteiger charge is -2.25. The van der Waals surface area contributed by atoms with E-state index in [2.05, 4.69) is 46.0 Å². The van der Waals surface area contributed by atoms with Crippen molar-refractivity contribution in [3.8, 4) is 0 Å². The minimum atomic E-state index is 0.410. The van der Waals surface area contributed by atoms with E-state index in [1.807, 2.05) is 6.20 Å². The number of hydrogen-bond donors (Lipinski definition) is 1. The highest BCUT2D eigenvalue weighted by molar-refractivity contribution is 5.25. The van der Waals surface area contributed by atoms with Gasteiger partial charge in [-0.2, -0.15) is 0 Å². The van der Waals surface area contributed by atoms with Gasteiger partial charge in [-0.1, -0.05) is 52.5 Å². The van der Waals surface area contributed by atoms with Crippen LogP contribution in [0.5, 0.6) is 0 Å². The van der Waals surface area contributed by atoms with Crippen LogP contribution in [0.4, 0.5) is 0 Å². The maximum atomic E-state index is 4.74. The Morgan fingerprint density at radius 2 is 1.90 bits per heavy atom. The summed E-state index contributed by atoms with van der Waals surface area (Å²) in [6, 6.07) is 2.67. The van der Waals surface area contributed by atoms with E-state index in [9.17, 15) is 0 Å². The summed E-state index contributed by atoms with van der Waals surface area (Å²) in [6.07, 6.45) is 9.67. The van der Waals surface area contributed by atoms with Crippen molar-refractivity contribution >= 4 is 0 Å². The summed E-state index contributed by atoms with van der Waals surface area (Å²) in [5, 5.41) is 3.72. The molecule has 21 heavy (non-hydrogen) atoms. The summed E-state index contributed by atoms with van der Waals surface area (Å²) in [5.41, 5.74) is 3.83. The van der Waals surface area contributed by atoms with Gasteiger partial charge in [-0.15, -0.1) is 0 Å². The fourth-order valence-electron chi connectivity index (χ4n) is 3.02. The van der Waals surface area contributed by atoms with E-state index < -0.39 is 0 Å².